The second-order valence-electron chi connectivity index (χ2n) is 6.22. The zero-order chi connectivity index (χ0) is 16.9. The van der Waals surface area contributed by atoms with Crippen LogP contribution < -0.4 is 15.5 Å². The summed E-state index contributed by atoms with van der Waals surface area (Å²) < 4.78 is 0. The van der Waals surface area contributed by atoms with Crippen molar-refractivity contribution in [3.63, 3.8) is 0 Å². The van der Waals surface area contributed by atoms with Crippen molar-refractivity contribution >= 4 is 23.4 Å². The summed E-state index contributed by atoms with van der Waals surface area (Å²) in [5, 5.41) is 5.81. The number of benzene rings is 1. The maximum Gasteiger partial charge on any atom is 0.251 e. The summed E-state index contributed by atoms with van der Waals surface area (Å²) in [6, 6.07) is 9.24. The van der Waals surface area contributed by atoms with Crippen molar-refractivity contribution in [2.75, 3.05) is 30.4 Å². The summed E-state index contributed by atoms with van der Waals surface area (Å²) in [6.07, 6.45) is 4.24. The highest BCUT2D eigenvalue weighted by Crippen LogP contribution is 2.22. The van der Waals surface area contributed by atoms with Crippen molar-refractivity contribution in [3.05, 3.63) is 42.1 Å². The van der Waals surface area contributed by atoms with E-state index < -0.39 is 0 Å². The molecule has 0 bridgehead atoms. The maximum atomic E-state index is 11.7. The van der Waals surface area contributed by atoms with E-state index in [0.29, 0.717) is 17.4 Å². The van der Waals surface area contributed by atoms with E-state index >= 15 is 0 Å². The fraction of sp³-hybridized carbons (Fsp3) is 0.389. The van der Waals surface area contributed by atoms with Crippen LogP contribution in [-0.2, 0) is 0 Å². The Morgan fingerprint density at radius 1 is 1.33 bits per heavy atom. The molecule has 1 aromatic heterocycles. The molecule has 1 aromatic carbocycles. The van der Waals surface area contributed by atoms with Crippen LogP contribution in [-0.4, -0.2) is 36.0 Å². The Balaban J connectivity index is 1.76. The van der Waals surface area contributed by atoms with Crippen LogP contribution >= 0.6 is 0 Å². The van der Waals surface area contributed by atoms with E-state index in [1.165, 1.54) is 12.8 Å². The highest BCUT2D eigenvalue weighted by molar-refractivity contribution is 5.95. The van der Waals surface area contributed by atoms with Crippen molar-refractivity contribution in [3.8, 4) is 0 Å². The molecule has 1 fully saturated rings. The molecule has 1 atom stereocenters. The molecular weight excluding hydrogens is 302 g/mol. The Labute approximate surface area is 142 Å². The highest BCUT2D eigenvalue weighted by atomic mass is 16.1. The van der Waals surface area contributed by atoms with Crippen molar-refractivity contribution < 1.29 is 4.79 Å². The normalized spacial score (nSPS) is 17.4. The Hall–Kier alpha value is -2.63. The first-order valence-electron chi connectivity index (χ1n) is 8.33. The van der Waals surface area contributed by atoms with Gasteiger partial charge in [-0.15, -0.1) is 0 Å². The van der Waals surface area contributed by atoms with E-state index in [9.17, 15) is 4.79 Å². The lowest BCUT2D eigenvalue weighted by Crippen LogP contribution is -2.34. The van der Waals surface area contributed by atoms with E-state index in [1.54, 1.807) is 25.4 Å². The van der Waals surface area contributed by atoms with Gasteiger partial charge in [0.1, 0.15) is 5.82 Å². The molecule has 1 amide bonds. The second kappa shape index (κ2) is 7.29. The van der Waals surface area contributed by atoms with Crippen LogP contribution in [0.2, 0.25) is 0 Å². The molecule has 24 heavy (non-hydrogen) atoms. The summed E-state index contributed by atoms with van der Waals surface area (Å²) in [5.41, 5.74) is 1.39. The molecule has 0 radical (unpaired) electrons. The molecule has 3 rings (SSSR count). The molecular formula is C18H23N5O. The minimum atomic E-state index is -0.115. The molecule has 2 aromatic rings. The van der Waals surface area contributed by atoms with Crippen LogP contribution in [0.15, 0.2) is 36.5 Å². The minimum absolute atomic E-state index is 0.115. The Kier molecular flexibility index (Phi) is 4.93. The predicted molar refractivity (Wildman–Crippen MR) is 95.8 cm³/mol. The Morgan fingerprint density at radius 3 is 3.00 bits per heavy atom. The van der Waals surface area contributed by atoms with Crippen molar-refractivity contribution in [2.24, 2.45) is 5.92 Å². The van der Waals surface area contributed by atoms with Crippen molar-refractivity contribution in [1.29, 1.82) is 0 Å². The lowest BCUT2D eigenvalue weighted by Gasteiger charge is -2.31. The van der Waals surface area contributed by atoms with E-state index in [-0.39, 0.29) is 5.91 Å². The first-order chi connectivity index (χ1) is 11.7. The Morgan fingerprint density at radius 2 is 2.21 bits per heavy atom. The third kappa shape index (κ3) is 3.82. The van der Waals surface area contributed by atoms with Gasteiger partial charge in [-0.2, -0.15) is 4.98 Å². The molecule has 1 saturated heterocycles. The number of nitrogens with zero attached hydrogens (tertiary/aromatic N) is 3. The molecule has 6 nitrogen and oxygen atoms in total. The topological polar surface area (TPSA) is 70.2 Å². The van der Waals surface area contributed by atoms with E-state index in [4.69, 9.17) is 0 Å². The van der Waals surface area contributed by atoms with Crippen LogP contribution in [0.5, 0.6) is 0 Å². The average Bonchev–Trinajstić information content (AvgIpc) is 2.61. The molecule has 0 spiro atoms. The summed E-state index contributed by atoms with van der Waals surface area (Å²) in [5.74, 6) is 2.06. The quantitative estimate of drug-likeness (QED) is 0.904. The summed E-state index contributed by atoms with van der Waals surface area (Å²) in [7, 11) is 1.62. The molecule has 1 aliphatic rings. The van der Waals surface area contributed by atoms with Gasteiger partial charge >= 0.3 is 0 Å². The molecule has 2 heterocycles. The van der Waals surface area contributed by atoms with Crippen molar-refractivity contribution in [1.82, 2.24) is 15.3 Å². The van der Waals surface area contributed by atoms with Crippen LogP contribution in [0.3, 0.4) is 0 Å². The first kappa shape index (κ1) is 16.2. The lowest BCUT2D eigenvalue weighted by atomic mass is 10.0. The fourth-order valence-corrected chi connectivity index (χ4v) is 2.99. The maximum absolute atomic E-state index is 11.7. The van der Waals surface area contributed by atoms with Gasteiger partial charge < -0.3 is 15.5 Å². The van der Waals surface area contributed by atoms with Crippen LogP contribution in [0, 0.1) is 5.92 Å². The number of amides is 1. The van der Waals surface area contributed by atoms with Crippen LogP contribution in [0.25, 0.3) is 0 Å². The fourth-order valence-electron chi connectivity index (χ4n) is 2.99. The number of anilines is 3. The molecule has 0 aliphatic carbocycles. The van der Waals surface area contributed by atoms with Gasteiger partial charge in [0.15, 0.2) is 0 Å². The van der Waals surface area contributed by atoms with E-state index in [0.717, 1.165) is 24.6 Å². The number of hydrogen-bond acceptors (Lipinski definition) is 5. The number of nitrogens with one attached hydrogen (secondary N) is 2. The standard InChI is InChI=1S/C18H23N5O/c1-13-5-4-10-23(12-13)16-8-9-20-18(22-16)21-15-7-3-6-14(11-15)17(24)19-2/h3,6-9,11,13H,4-5,10,12H2,1-2H3,(H,19,24)(H,20,21,22)/t13-/m0/s1. The summed E-state index contributed by atoms with van der Waals surface area (Å²) in [6.45, 7) is 4.34. The van der Waals surface area contributed by atoms with Gasteiger partial charge in [-0.25, -0.2) is 4.98 Å². The van der Waals surface area contributed by atoms with Gasteiger partial charge in [-0.05, 0) is 43.0 Å². The van der Waals surface area contributed by atoms with Gasteiger partial charge in [-0.3, -0.25) is 4.79 Å². The third-order valence-electron chi connectivity index (χ3n) is 4.23. The second-order valence-corrected chi connectivity index (χ2v) is 6.22. The van der Waals surface area contributed by atoms with Gasteiger partial charge in [0.05, 0.1) is 0 Å². The molecule has 2 N–H and O–H groups in total. The molecule has 1 aliphatic heterocycles. The monoisotopic (exact) mass is 325 g/mol. The average molecular weight is 325 g/mol. The minimum Gasteiger partial charge on any atom is -0.356 e. The molecule has 0 saturated carbocycles. The number of rotatable bonds is 4. The van der Waals surface area contributed by atoms with Crippen LogP contribution in [0.4, 0.5) is 17.5 Å². The molecule has 0 unspecified atom stereocenters. The number of hydrogen-bond donors (Lipinski definition) is 2. The molecule has 126 valence electrons. The number of piperidine rings is 1. The SMILES string of the molecule is CNC(=O)c1cccc(Nc2nccc(N3CCC[C@H](C)C3)n2)c1. The molecule has 6 heteroatoms. The zero-order valence-electron chi connectivity index (χ0n) is 14.1. The summed E-state index contributed by atoms with van der Waals surface area (Å²) >= 11 is 0. The summed E-state index contributed by atoms with van der Waals surface area (Å²) in [4.78, 5) is 23.0. The van der Waals surface area contributed by atoms with E-state index in [1.807, 2.05) is 18.2 Å². The zero-order valence-corrected chi connectivity index (χ0v) is 14.1. The number of carbonyl (C=O) groups is 1. The first-order valence-corrected chi connectivity index (χ1v) is 8.33. The van der Waals surface area contributed by atoms with Gasteiger partial charge in [0, 0.05) is 37.6 Å². The van der Waals surface area contributed by atoms with Gasteiger partial charge in [0.2, 0.25) is 5.95 Å². The van der Waals surface area contributed by atoms with Crippen molar-refractivity contribution in [2.45, 2.75) is 19.8 Å². The number of aromatic nitrogens is 2. The number of carbonyl (C=O) groups excluding carboxylic acids is 1. The Bertz CT molecular complexity index is 718. The van der Waals surface area contributed by atoms with Crippen LogP contribution in [0.1, 0.15) is 30.1 Å². The van der Waals surface area contributed by atoms with E-state index in [2.05, 4.69) is 32.4 Å². The van der Waals surface area contributed by atoms with Gasteiger partial charge in [0.25, 0.3) is 5.91 Å². The predicted octanol–water partition coefficient (Wildman–Crippen LogP) is 2.82. The van der Waals surface area contributed by atoms with Gasteiger partial charge in [-0.1, -0.05) is 13.0 Å². The third-order valence-corrected chi connectivity index (χ3v) is 4.23. The smallest absolute Gasteiger partial charge is 0.251 e. The lowest BCUT2D eigenvalue weighted by molar-refractivity contribution is 0.0963. The largest absolute Gasteiger partial charge is 0.356 e. The highest BCUT2D eigenvalue weighted by Gasteiger charge is 2.18.